The highest BCUT2D eigenvalue weighted by atomic mass is 16.7. The predicted molar refractivity (Wildman–Crippen MR) is 67.0 cm³/mol. The van der Waals surface area contributed by atoms with Crippen molar-refractivity contribution in [3.8, 4) is 0 Å². The lowest BCUT2D eigenvalue weighted by Crippen LogP contribution is -2.33. The van der Waals surface area contributed by atoms with E-state index < -0.39 is 12.1 Å². The minimum absolute atomic E-state index is 0.0541. The molecule has 0 amide bonds. The summed E-state index contributed by atoms with van der Waals surface area (Å²) in [5.41, 5.74) is 0.536. The molecule has 7 atom stereocenters. The lowest BCUT2D eigenvalue weighted by molar-refractivity contribution is -0.143. The number of rotatable bonds is 0. The molecule has 3 fully saturated rings. The molecule has 2 bridgehead atoms. The molecule has 4 aliphatic heterocycles. The Hall–Kier alpha value is -1.66. The Morgan fingerprint density at radius 1 is 1.29 bits per heavy atom. The molecule has 0 aromatic rings. The number of carbonyl (C=O) groups excluding carboxylic acids is 2. The number of hydrogen-bond donors (Lipinski definition) is 0. The van der Waals surface area contributed by atoms with Crippen LogP contribution in [0.15, 0.2) is 23.8 Å². The van der Waals surface area contributed by atoms with Crippen LogP contribution in [0.3, 0.4) is 0 Å². The van der Waals surface area contributed by atoms with E-state index >= 15 is 0 Å². The summed E-state index contributed by atoms with van der Waals surface area (Å²) in [6.45, 7) is 5.80. The fourth-order valence-electron chi connectivity index (χ4n) is 3.92. The van der Waals surface area contributed by atoms with Gasteiger partial charge in [-0.05, 0) is 13.0 Å². The summed E-state index contributed by atoms with van der Waals surface area (Å²) < 4.78 is 22.3. The van der Waals surface area contributed by atoms with E-state index in [1.54, 1.807) is 6.08 Å². The van der Waals surface area contributed by atoms with Gasteiger partial charge < -0.3 is 18.9 Å². The van der Waals surface area contributed by atoms with Crippen LogP contribution in [-0.2, 0) is 28.5 Å². The minimum Gasteiger partial charge on any atom is -0.458 e. The van der Waals surface area contributed by atoms with Gasteiger partial charge in [0.1, 0.15) is 30.5 Å². The van der Waals surface area contributed by atoms with E-state index in [1.165, 1.54) is 0 Å². The van der Waals surface area contributed by atoms with Crippen LogP contribution in [0.4, 0.5) is 0 Å². The standard InChI is InChI=1S/C15H14O6/c1-5-9-7-3-6(14(17)18-7)10-11(20-10)12-15(2,21-12)4-8(9)19-13(5)16/h3,7-12H,1,4H2,2H3/t7-,8-,9+,10+,11-,12-,15-/m0/s1. The van der Waals surface area contributed by atoms with Gasteiger partial charge in [0.25, 0.3) is 0 Å². The van der Waals surface area contributed by atoms with E-state index in [2.05, 4.69) is 6.58 Å². The van der Waals surface area contributed by atoms with Crippen LogP contribution in [0.2, 0.25) is 0 Å². The summed E-state index contributed by atoms with van der Waals surface area (Å²) in [5, 5.41) is 0. The first-order chi connectivity index (χ1) is 9.98. The van der Waals surface area contributed by atoms with Gasteiger partial charge in [-0.1, -0.05) is 6.58 Å². The van der Waals surface area contributed by atoms with Crippen LogP contribution in [0.1, 0.15) is 13.3 Å². The Balaban J connectivity index is 1.59. The normalized spacial score (nSPS) is 53.0. The molecule has 0 radical (unpaired) electrons. The molecule has 6 heteroatoms. The number of esters is 2. The average Bonchev–Trinajstić information content (AvgIpc) is 3.25. The van der Waals surface area contributed by atoms with E-state index in [0.717, 1.165) is 0 Å². The molecule has 110 valence electrons. The maximum Gasteiger partial charge on any atom is 0.337 e. The molecule has 4 heterocycles. The summed E-state index contributed by atoms with van der Waals surface area (Å²) in [4.78, 5) is 23.9. The SMILES string of the molecule is C=C1C(=O)O[C@H]2C[C@]3(C)O[C@H]3[C@H]3O[C@@H]3C3=C[C@H](OC3=O)[C@@H]12. The maximum atomic E-state index is 12.0. The first kappa shape index (κ1) is 11.9. The number of ether oxygens (including phenoxy) is 4. The first-order valence-electron chi connectivity index (χ1n) is 7.14. The summed E-state index contributed by atoms with van der Waals surface area (Å²) in [6, 6.07) is 0. The number of epoxide rings is 2. The molecule has 3 saturated heterocycles. The second kappa shape index (κ2) is 3.39. The Morgan fingerprint density at radius 2 is 2.10 bits per heavy atom. The largest absolute Gasteiger partial charge is 0.458 e. The van der Waals surface area contributed by atoms with E-state index in [4.69, 9.17) is 18.9 Å². The lowest BCUT2D eigenvalue weighted by atomic mass is 9.83. The molecular formula is C15H14O6. The first-order valence-corrected chi connectivity index (χ1v) is 7.14. The number of fused-ring (bicyclic) bond motifs is 7. The molecule has 0 saturated carbocycles. The Morgan fingerprint density at radius 3 is 2.90 bits per heavy atom. The molecule has 0 aromatic carbocycles. The van der Waals surface area contributed by atoms with Crippen LogP contribution in [0, 0.1) is 5.92 Å². The van der Waals surface area contributed by atoms with Gasteiger partial charge >= 0.3 is 11.9 Å². The molecule has 6 nitrogen and oxygen atoms in total. The summed E-state index contributed by atoms with van der Waals surface area (Å²) >= 11 is 0. The van der Waals surface area contributed by atoms with Crippen molar-refractivity contribution in [2.75, 3.05) is 0 Å². The number of hydrogen-bond acceptors (Lipinski definition) is 6. The quantitative estimate of drug-likeness (QED) is 0.362. The van der Waals surface area contributed by atoms with E-state index in [9.17, 15) is 9.59 Å². The highest BCUT2D eigenvalue weighted by Gasteiger charge is 2.68. The van der Waals surface area contributed by atoms with Crippen molar-refractivity contribution in [3.05, 3.63) is 23.8 Å². The predicted octanol–water partition coefficient (Wildman–Crippen LogP) is 0.265. The summed E-state index contributed by atoms with van der Waals surface area (Å²) in [7, 11) is 0. The molecule has 0 spiro atoms. The van der Waals surface area contributed by atoms with E-state index in [1.807, 2.05) is 6.92 Å². The second-order valence-corrected chi connectivity index (χ2v) is 6.56. The zero-order chi connectivity index (χ0) is 14.5. The van der Waals surface area contributed by atoms with Crippen LogP contribution in [0.5, 0.6) is 0 Å². The van der Waals surface area contributed by atoms with Gasteiger partial charge in [-0.3, -0.25) is 0 Å². The second-order valence-electron chi connectivity index (χ2n) is 6.56. The average molecular weight is 290 g/mol. The Kier molecular flexibility index (Phi) is 1.93. The van der Waals surface area contributed by atoms with Crippen LogP contribution >= 0.6 is 0 Å². The third kappa shape index (κ3) is 1.44. The smallest absolute Gasteiger partial charge is 0.337 e. The molecule has 5 rings (SSSR count). The van der Waals surface area contributed by atoms with Gasteiger partial charge in [0.15, 0.2) is 0 Å². The van der Waals surface area contributed by atoms with Gasteiger partial charge in [-0.15, -0.1) is 0 Å². The molecule has 5 aliphatic rings. The molecule has 0 aromatic heterocycles. The molecule has 1 aliphatic carbocycles. The third-order valence-corrected chi connectivity index (χ3v) is 5.18. The maximum absolute atomic E-state index is 12.0. The number of carbonyl (C=O) groups is 2. The fraction of sp³-hybridized carbons (Fsp3) is 0.600. The third-order valence-electron chi connectivity index (χ3n) is 5.18. The summed E-state index contributed by atoms with van der Waals surface area (Å²) in [6.07, 6.45) is 1.08. The minimum atomic E-state index is -0.500. The van der Waals surface area contributed by atoms with Crippen molar-refractivity contribution in [1.82, 2.24) is 0 Å². The van der Waals surface area contributed by atoms with Crippen molar-refractivity contribution in [1.29, 1.82) is 0 Å². The van der Waals surface area contributed by atoms with E-state index in [0.29, 0.717) is 17.6 Å². The van der Waals surface area contributed by atoms with Crippen molar-refractivity contribution >= 4 is 11.9 Å². The van der Waals surface area contributed by atoms with Crippen LogP contribution in [0.25, 0.3) is 0 Å². The van der Waals surface area contributed by atoms with Crippen molar-refractivity contribution in [3.63, 3.8) is 0 Å². The van der Waals surface area contributed by atoms with Crippen molar-refractivity contribution in [2.24, 2.45) is 5.92 Å². The highest BCUT2D eigenvalue weighted by Crippen LogP contribution is 2.54. The lowest BCUT2D eigenvalue weighted by Gasteiger charge is -2.23. The Bertz CT molecular complexity index is 636. The molecule has 0 unspecified atom stereocenters. The van der Waals surface area contributed by atoms with Gasteiger partial charge in [-0.25, -0.2) is 9.59 Å². The van der Waals surface area contributed by atoms with Gasteiger partial charge in [0.2, 0.25) is 0 Å². The van der Waals surface area contributed by atoms with E-state index in [-0.39, 0.29) is 41.9 Å². The van der Waals surface area contributed by atoms with Gasteiger partial charge in [0, 0.05) is 12.0 Å². The molecular weight excluding hydrogens is 276 g/mol. The van der Waals surface area contributed by atoms with Crippen molar-refractivity contribution in [2.45, 2.75) is 49.5 Å². The zero-order valence-corrected chi connectivity index (χ0v) is 11.4. The highest BCUT2D eigenvalue weighted by molar-refractivity contribution is 5.94. The van der Waals surface area contributed by atoms with Gasteiger partial charge in [-0.2, -0.15) is 0 Å². The fourth-order valence-corrected chi connectivity index (χ4v) is 3.92. The summed E-state index contributed by atoms with van der Waals surface area (Å²) in [5.74, 6) is -1.12. The molecule has 21 heavy (non-hydrogen) atoms. The van der Waals surface area contributed by atoms with Crippen LogP contribution < -0.4 is 0 Å². The van der Waals surface area contributed by atoms with Gasteiger partial charge in [0.05, 0.1) is 17.1 Å². The zero-order valence-electron chi connectivity index (χ0n) is 11.4. The molecule has 0 N–H and O–H groups in total. The monoisotopic (exact) mass is 290 g/mol. The van der Waals surface area contributed by atoms with Crippen molar-refractivity contribution < 1.29 is 28.5 Å². The topological polar surface area (TPSA) is 77.7 Å². The van der Waals surface area contributed by atoms with Crippen LogP contribution in [-0.4, -0.2) is 48.1 Å². The Labute approximate surface area is 120 Å².